The van der Waals surface area contributed by atoms with Crippen LogP contribution in [0.25, 0.3) is 0 Å². The Balaban J connectivity index is 1.79. The molecule has 114 valence electrons. The second-order valence-corrected chi connectivity index (χ2v) is 6.16. The zero-order valence-electron chi connectivity index (χ0n) is 13.1. The van der Waals surface area contributed by atoms with Crippen molar-refractivity contribution < 1.29 is 9.47 Å². The first kappa shape index (κ1) is 15.9. The Morgan fingerprint density at radius 3 is 2.38 bits per heavy atom. The summed E-state index contributed by atoms with van der Waals surface area (Å²) in [6.45, 7) is 0.578. The van der Waals surface area contributed by atoms with E-state index in [4.69, 9.17) is 9.47 Å². The van der Waals surface area contributed by atoms with Gasteiger partial charge in [-0.05, 0) is 62.1 Å². The van der Waals surface area contributed by atoms with Crippen molar-refractivity contribution in [1.82, 2.24) is 0 Å². The van der Waals surface area contributed by atoms with Crippen LogP contribution in [0.3, 0.4) is 0 Å². The molecule has 1 aromatic carbocycles. The third-order valence-electron chi connectivity index (χ3n) is 4.72. The summed E-state index contributed by atoms with van der Waals surface area (Å²) in [5.74, 6) is 1.65. The Morgan fingerprint density at radius 1 is 1.19 bits per heavy atom. The van der Waals surface area contributed by atoms with Crippen LogP contribution in [0, 0.1) is 22.7 Å². The van der Waals surface area contributed by atoms with Crippen LogP contribution >= 0.6 is 0 Å². The maximum Gasteiger partial charge on any atom is 0.118 e. The minimum atomic E-state index is -0.231. The molecule has 0 unspecified atom stereocenters. The van der Waals surface area contributed by atoms with Gasteiger partial charge in [0.25, 0.3) is 0 Å². The number of nitriles is 1. The van der Waals surface area contributed by atoms with Gasteiger partial charge < -0.3 is 9.47 Å². The second-order valence-electron chi connectivity index (χ2n) is 6.16. The standard InChI is InChI=1S/C18H25NO2/c1-20-14-18(13-19)11-9-16(10-12-18)4-3-15-5-7-17(21-2)8-6-15/h5-8,16H,3-4,9-12,14H2,1-2H3. The van der Waals surface area contributed by atoms with Crippen LogP contribution in [-0.2, 0) is 11.2 Å². The minimum Gasteiger partial charge on any atom is -0.497 e. The van der Waals surface area contributed by atoms with E-state index in [2.05, 4.69) is 18.2 Å². The second kappa shape index (κ2) is 7.47. The quantitative estimate of drug-likeness (QED) is 0.795. The molecule has 1 saturated carbocycles. The van der Waals surface area contributed by atoms with Gasteiger partial charge in [0.1, 0.15) is 5.75 Å². The molecule has 1 fully saturated rings. The lowest BCUT2D eigenvalue weighted by atomic mass is 9.70. The van der Waals surface area contributed by atoms with Gasteiger partial charge in [0, 0.05) is 7.11 Å². The Morgan fingerprint density at radius 2 is 1.86 bits per heavy atom. The summed E-state index contributed by atoms with van der Waals surface area (Å²) >= 11 is 0. The molecule has 0 radical (unpaired) electrons. The molecule has 2 rings (SSSR count). The fraction of sp³-hybridized carbons (Fsp3) is 0.611. The minimum absolute atomic E-state index is 0.231. The summed E-state index contributed by atoms with van der Waals surface area (Å²) in [4.78, 5) is 0. The fourth-order valence-corrected chi connectivity index (χ4v) is 3.25. The lowest BCUT2D eigenvalue weighted by molar-refractivity contribution is 0.0742. The number of methoxy groups -OCH3 is 2. The first-order valence-electron chi connectivity index (χ1n) is 7.74. The molecule has 0 amide bonds. The normalized spacial score (nSPS) is 25.3. The Bertz CT molecular complexity index is 467. The number of rotatable bonds is 6. The number of aryl methyl sites for hydroxylation is 1. The van der Waals surface area contributed by atoms with Crippen molar-refractivity contribution in [2.75, 3.05) is 20.8 Å². The largest absolute Gasteiger partial charge is 0.497 e. The number of nitrogens with zero attached hydrogens (tertiary/aromatic N) is 1. The molecule has 1 aromatic rings. The molecule has 21 heavy (non-hydrogen) atoms. The SMILES string of the molecule is COCC1(C#N)CCC(CCc2ccc(OC)cc2)CC1. The van der Waals surface area contributed by atoms with Gasteiger partial charge in [-0.25, -0.2) is 0 Å². The van der Waals surface area contributed by atoms with Gasteiger partial charge in [0.05, 0.1) is 25.2 Å². The van der Waals surface area contributed by atoms with Gasteiger partial charge >= 0.3 is 0 Å². The fourth-order valence-electron chi connectivity index (χ4n) is 3.25. The van der Waals surface area contributed by atoms with Gasteiger partial charge in [0.2, 0.25) is 0 Å². The Kier molecular flexibility index (Phi) is 5.64. The van der Waals surface area contributed by atoms with Crippen molar-refractivity contribution in [1.29, 1.82) is 5.26 Å². The van der Waals surface area contributed by atoms with E-state index in [1.807, 2.05) is 12.1 Å². The smallest absolute Gasteiger partial charge is 0.118 e. The van der Waals surface area contributed by atoms with Crippen LogP contribution in [0.1, 0.15) is 37.7 Å². The molecule has 1 aliphatic rings. The van der Waals surface area contributed by atoms with Gasteiger partial charge in [-0.15, -0.1) is 0 Å². The predicted molar refractivity (Wildman–Crippen MR) is 83.2 cm³/mol. The first-order valence-corrected chi connectivity index (χ1v) is 7.74. The van der Waals surface area contributed by atoms with Crippen molar-refractivity contribution in [2.24, 2.45) is 11.3 Å². The van der Waals surface area contributed by atoms with E-state index in [0.29, 0.717) is 6.61 Å². The molecular formula is C18H25NO2. The van der Waals surface area contributed by atoms with Gasteiger partial charge in [-0.3, -0.25) is 0 Å². The summed E-state index contributed by atoms with van der Waals surface area (Å²) in [6.07, 6.45) is 6.56. The van der Waals surface area contributed by atoms with E-state index in [0.717, 1.165) is 43.8 Å². The zero-order chi connectivity index (χ0) is 15.1. The van der Waals surface area contributed by atoms with E-state index >= 15 is 0 Å². The highest BCUT2D eigenvalue weighted by atomic mass is 16.5. The molecule has 0 N–H and O–H groups in total. The highest BCUT2D eigenvalue weighted by Crippen LogP contribution is 2.40. The first-order chi connectivity index (χ1) is 10.2. The number of ether oxygens (including phenoxy) is 2. The van der Waals surface area contributed by atoms with Crippen molar-refractivity contribution in [2.45, 2.75) is 38.5 Å². The number of hydrogen-bond donors (Lipinski definition) is 0. The van der Waals surface area contributed by atoms with E-state index in [1.165, 1.54) is 12.0 Å². The lowest BCUT2D eigenvalue weighted by Gasteiger charge is -2.34. The zero-order valence-corrected chi connectivity index (χ0v) is 13.1. The average molecular weight is 287 g/mol. The van der Waals surface area contributed by atoms with E-state index < -0.39 is 0 Å². The van der Waals surface area contributed by atoms with Crippen LogP contribution in [0.4, 0.5) is 0 Å². The van der Waals surface area contributed by atoms with Crippen LogP contribution in [-0.4, -0.2) is 20.8 Å². The molecule has 0 spiro atoms. The lowest BCUT2D eigenvalue weighted by Crippen LogP contribution is -2.30. The van der Waals surface area contributed by atoms with Crippen molar-refractivity contribution in [3.05, 3.63) is 29.8 Å². The number of hydrogen-bond acceptors (Lipinski definition) is 3. The van der Waals surface area contributed by atoms with Crippen LogP contribution in [0.15, 0.2) is 24.3 Å². The summed E-state index contributed by atoms with van der Waals surface area (Å²) < 4.78 is 10.4. The van der Waals surface area contributed by atoms with Crippen LogP contribution in [0.5, 0.6) is 5.75 Å². The van der Waals surface area contributed by atoms with Gasteiger partial charge in [-0.1, -0.05) is 12.1 Å². The van der Waals surface area contributed by atoms with Crippen molar-refractivity contribution in [3.63, 3.8) is 0 Å². The maximum atomic E-state index is 9.37. The Labute approximate surface area is 127 Å². The van der Waals surface area contributed by atoms with Crippen LogP contribution < -0.4 is 4.74 Å². The number of benzene rings is 1. The molecule has 1 aliphatic carbocycles. The molecule has 0 aliphatic heterocycles. The molecule has 0 atom stereocenters. The van der Waals surface area contributed by atoms with Crippen molar-refractivity contribution >= 4 is 0 Å². The van der Waals surface area contributed by atoms with Gasteiger partial charge in [0.15, 0.2) is 0 Å². The molecular weight excluding hydrogens is 262 g/mol. The summed E-state index contributed by atoms with van der Waals surface area (Å²) in [5.41, 5.74) is 1.13. The predicted octanol–water partition coefficient (Wildman–Crippen LogP) is 3.97. The average Bonchev–Trinajstić information content (AvgIpc) is 2.55. The summed E-state index contributed by atoms with van der Waals surface area (Å²) in [6, 6.07) is 10.8. The van der Waals surface area contributed by atoms with Crippen LogP contribution in [0.2, 0.25) is 0 Å². The van der Waals surface area contributed by atoms with E-state index in [1.54, 1.807) is 14.2 Å². The van der Waals surface area contributed by atoms with Crippen molar-refractivity contribution in [3.8, 4) is 11.8 Å². The van der Waals surface area contributed by atoms with E-state index in [-0.39, 0.29) is 5.41 Å². The third-order valence-corrected chi connectivity index (χ3v) is 4.72. The van der Waals surface area contributed by atoms with Gasteiger partial charge in [-0.2, -0.15) is 5.26 Å². The molecule has 0 bridgehead atoms. The maximum absolute atomic E-state index is 9.37. The third kappa shape index (κ3) is 4.22. The summed E-state index contributed by atoms with van der Waals surface area (Å²) in [7, 11) is 3.38. The molecule has 0 heterocycles. The topological polar surface area (TPSA) is 42.2 Å². The molecule has 0 saturated heterocycles. The molecule has 3 heteroatoms. The monoisotopic (exact) mass is 287 g/mol. The Hall–Kier alpha value is -1.53. The molecule has 3 nitrogen and oxygen atoms in total. The highest BCUT2D eigenvalue weighted by Gasteiger charge is 2.35. The van der Waals surface area contributed by atoms with E-state index in [9.17, 15) is 5.26 Å². The molecule has 0 aromatic heterocycles. The highest BCUT2D eigenvalue weighted by molar-refractivity contribution is 5.27. The summed E-state index contributed by atoms with van der Waals surface area (Å²) in [5, 5.41) is 9.37.